The number of anilines is 2. The van der Waals surface area contributed by atoms with Gasteiger partial charge in [-0.2, -0.15) is 0 Å². The van der Waals surface area contributed by atoms with Gasteiger partial charge in [-0.15, -0.1) is 0 Å². The molecule has 1 aliphatic rings. The Bertz CT molecular complexity index is 1220. The van der Waals surface area contributed by atoms with Gasteiger partial charge in [-0.1, -0.05) is 6.07 Å². The van der Waals surface area contributed by atoms with Crippen molar-refractivity contribution in [3.8, 4) is 5.75 Å². The van der Waals surface area contributed by atoms with Gasteiger partial charge in [-0.3, -0.25) is 24.5 Å². The van der Waals surface area contributed by atoms with Gasteiger partial charge in [-0.25, -0.2) is 4.90 Å². The molecular weight excluding hydrogens is 390 g/mol. The van der Waals surface area contributed by atoms with Crippen LogP contribution >= 0.6 is 0 Å². The zero-order valence-corrected chi connectivity index (χ0v) is 15.2. The summed E-state index contributed by atoms with van der Waals surface area (Å²) < 4.78 is 0. The van der Waals surface area contributed by atoms with Crippen molar-refractivity contribution < 1.29 is 24.4 Å². The van der Waals surface area contributed by atoms with Crippen LogP contribution in [0.1, 0.15) is 31.1 Å². The predicted octanol–water partition coefficient (Wildman–Crippen LogP) is 3.35. The average Bonchev–Trinajstić information content (AvgIpc) is 2.98. The minimum Gasteiger partial charge on any atom is -0.508 e. The maximum absolute atomic E-state index is 12.7. The number of aromatic hydroxyl groups is 1. The lowest BCUT2D eigenvalue weighted by Gasteiger charge is -2.14. The van der Waals surface area contributed by atoms with Crippen molar-refractivity contribution in [2.75, 3.05) is 10.2 Å². The Balaban J connectivity index is 1.57. The molecule has 0 aliphatic carbocycles. The average molecular weight is 403 g/mol. The SMILES string of the molecule is O=C(Nc1cccc(O)c1)c1ccc(N2C(=O)c3ccc([N+](=O)[O-])cc3C2=O)cc1. The molecule has 1 heterocycles. The zero-order valence-electron chi connectivity index (χ0n) is 15.2. The van der Waals surface area contributed by atoms with Gasteiger partial charge >= 0.3 is 0 Å². The molecule has 1 aliphatic heterocycles. The lowest BCUT2D eigenvalue weighted by Crippen LogP contribution is -2.29. The van der Waals surface area contributed by atoms with E-state index in [0.717, 1.165) is 11.0 Å². The number of amides is 3. The number of carbonyl (C=O) groups excluding carboxylic acids is 3. The van der Waals surface area contributed by atoms with Gasteiger partial charge in [0.15, 0.2) is 0 Å². The number of nitro benzene ring substituents is 1. The standard InChI is InChI=1S/C21H13N3O6/c25-16-3-1-2-13(10-16)22-19(26)12-4-6-14(7-5-12)23-20(27)17-9-8-15(24(29)30)11-18(17)21(23)28/h1-11,25H,(H,22,26). The highest BCUT2D eigenvalue weighted by Gasteiger charge is 2.37. The van der Waals surface area contributed by atoms with E-state index in [1.54, 1.807) is 12.1 Å². The largest absolute Gasteiger partial charge is 0.508 e. The van der Waals surface area contributed by atoms with Gasteiger partial charge < -0.3 is 10.4 Å². The van der Waals surface area contributed by atoms with Crippen molar-refractivity contribution in [3.05, 3.63) is 93.5 Å². The Morgan fingerprint density at radius 2 is 1.63 bits per heavy atom. The van der Waals surface area contributed by atoms with E-state index >= 15 is 0 Å². The third-order valence-corrected chi connectivity index (χ3v) is 4.57. The second kappa shape index (κ2) is 7.13. The number of carbonyl (C=O) groups is 3. The summed E-state index contributed by atoms with van der Waals surface area (Å²) in [5.74, 6) is -1.70. The van der Waals surface area contributed by atoms with E-state index in [0.29, 0.717) is 5.69 Å². The predicted molar refractivity (Wildman–Crippen MR) is 107 cm³/mol. The number of phenols is 1. The third-order valence-electron chi connectivity index (χ3n) is 4.57. The summed E-state index contributed by atoms with van der Waals surface area (Å²) in [5, 5.41) is 23.0. The first kappa shape index (κ1) is 18.8. The number of hydrogen-bond donors (Lipinski definition) is 2. The molecule has 2 N–H and O–H groups in total. The van der Waals surface area contributed by atoms with E-state index in [1.807, 2.05) is 0 Å². The molecule has 30 heavy (non-hydrogen) atoms. The summed E-state index contributed by atoms with van der Waals surface area (Å²) in [5.41, 5.74) is 0.671. The van der Waals surface area contributed by atoms with Crippen molar-refractivity contribution in [2.24, 2.45) is 0 Å². The molecule has 0 fully saturated rings. The Morgan fingerprint density at radius 3 is 2.30 bits per heavy atom. The number of hydrogen-bond acceptors (Lipinski definition) is 6. The van der Waals surface area contributed by atoms with E-state index in [9.17, 15) is 29.6 Å². The fraction of sp³-hybridized carbons (Fsp3) is 0. The summed E-state index contributed by atoms with van der Waals surface area (Å²) in [7, 11) is 0. The lowest BCUT2D eigenvalue weighted by atomic mass is 10.1. The van der Waals surface area contributed by atoms with Gasteiger partial charge in [0.05, 0.1) is 21.7 Å². The fourth-order valence-electron chi connectivity index (χ4n) is 3.13. The Hall–Kier alpha value is -4.53. The Labute approximate surface area is 169 Å². The molecule has 148 valence electrons. The van der Waals surface area contributed by atoms with E-state index < -0.39 is 22.6 Å². The van der Waals surface area contributed by atoms with Gasteiger partial charge in [-0.05, 0) is 42.5 Å². The summed E-state index contributed by atoms with van der Waals surface area (Å²) in [6.07, 6.45) is 0. The van der Waals surface area contributed by atoms with E-state index in [4.69, 9.17) is 0 Å². The third kappa shape index (κ3) is 3.24. The number of non-ortho nitro benzene ring substituents is 1. The normalized spacial score (nSPS) is 12.6. The molecule has 3 aromatic carbocycles. The molecule has 0 spiro atoms. The second-order valence-corrected chi connectivity index (χ2v) is 6.48. The molecule has 9 heteroatoms. The number of nitrogens with one attached hydrogen (secondary N) is 1. The van der Waals surface area contributed by atoms with Crippen molar-refractivity contribution >= 4 is 34.8 Å². The number of nitro groups is 1. The highest BCUT2D eigenvalue weighted by atomic mass is 16.6. The maximum atomic E-state index is 12.7. The van der Waals surface area contributed by atoms with Crippen molar-refractivity contribution in [1.29, 1.82) is 0 Å². The van der Waals surface area contributed by atoms with Crippen LogP contribution in [0, 0.1) is 10.1 Å². The molecule has 0 bridgehead atoms. The first-order valence-electron chi connectivity index (χ1n) is 8.73. The molecule has 0 atom stereocenters. The van der Waals surface area contributed by atoms with Crippen LogP contribution in [0.4, 0.5) is 17.1 Å². The molecule has 4 rings (SSSR count). The van der Waals surface area contributed by atoms with Gasteiger partial charge in [0.1, 0.15) is 5.75 Å². The van der Waals surface area contributed by atoms with Crippen LogP contribution < -0.4 is 10.2 Å². The zero-order chi connectivity index (χ0) is 21.4. The van der Waals surface area contributed by atoms with Crippen LogP contribution in [0.2, 0.25) is 0 Å². The summed E-state index contributed by atoms with van der Waals surface area (Å²) in [6.45, 7) is 0. The molecule has 0 aromatic heterocycles. The van der Waals surface area contributed by atoms with Crippen LogP contribution in [0.25, 0.3) is 0 Å². The summed E-state index contributed by atoms with van der Waals surface area (Å²) in [6, 6.07) is 15.3. The van der Waals surface area contributed by atoms with Crippen LogP contribution in [0.15, 0.2) is 66.7 Å². The van der Waals surface area contributed by atoms with Gasteiger partial charge in [0.2, 0.25) is 0 Å². The monoisotopic (exact) mass is 403 g/mol. The van der Waals surface area contributed by atoms with Crippen molar-refractivity contribution in [2.45, 2.75) is 0 Å². The van der Waals surface area contributed by atoms with Crippen molar-refractivity contribution in [1.82, 2.24) is 0 Å². The minimum atomic E-state index is -0.671. The van der Waals surface area contributed by atoms with Crippen molar-refractivity contribution in [3.63, 3.8) is 0 Å². The Morgan fingerprint density at radius 1 is 0.933 bits per heavy atom. The van der Waals surface area contributed by atoms with Crippen LogP contribution in [-0.2, 0) is 0 Å². The Kier molecular flexibility index (Phi) is 4.47. The minimum absolute atomic E-state index is 0.00834. The number of imide groups is 1. The summed E-state index contributed by atoms with van der Waals surface area (Å²) >= 11 is 0. The lowest BCUT2D eigenvalue weighted by molar-refractivity contribution is -0.384. The molecule has 0 radical (unpaired) electrons. The second-order valence-electron chi connectivity index (χ2n) is 6.48. The highest BCUT2D eigenvalue weighted by molar-refractivity contribution is 6.34. The fourth-order valence-corrected chi connectivity index (χ4v) is 3.13. The van der Waals surface area contributed by atoms with E-state index in [2.05, 4.69) is 5.32 Å². The molecule has 0 unspecified atom stereocenters. The molecule has 0 saturated carbocycles. The first-order valence-corrected chi connectivity index (χ1v) is 8.73. The smallest absolute Gasteiger partial charge is 0.270 e. The number of rotatable bonds is 4. The number of nitrogens with zero attached hydrogens (tertiary/aromatic N) is 2. The van der Waals surface area contributed by atoms with E-state index in [-0.39, 0.29) is 33.8 Å². The topological polar surface area (TPSA) is 130 Å². The molecule has 0 saturated heterocycles. The molecule has 3 amide bonds. The van der Waals surface area contributed by atoms with Gasteiger partial charge in [0.25, 0.3) is 23.4 Å². The maximum Gasteiger partial charge on any atom is 0.270 e. The molecular formula is C21H13N3O6. The van der Waals surface area contributed by atoms with Crippen LogP contribution in [0.3, 0.4) is 0 Å². The number of fused-ring (bicyclic) bond motifs is 1. The molecule has 9 nitrogen and oxygen atoms in total. The number of phenolic OH excluding ortho intramolecular Hbond substituents is 1. The highest BCUT2D eigenvalue weighted by Crippen LogP contribution is 2.31. The molecule has 3 aromatic rings. The summed E-state index contributed by atoms with van der Waals surface area (Å²) in [4.78, 5) is 48.8. The van der Waals surface area contributed by atoms with Crippen LogP contribution in [-0.4, -0.2) is 27.8 Å². The van der Waals surface area contributed by atoms with E-state index in [1.165, 1.54) is 48.5 Å². The van der Waals surface area contributed by atoms with Crippen LogP contribution in [0.5, 0.6) is 5.75 Å². The quantitative estimate of drug-likeness (QED) is 0.390. The number of benzene rings is 3. The first-order chi connectivity index (χ1) is 14.3. The van der Waals surface area contributed by atoms with Gasteiger partial charge in [0, 0.05) is 29.4 Å².